The second-order valence-electron chi connectivity index (χ2n) is 5.75. The van der Waals surface area contributed by atoms with Gasteiger partial charge in [0, 0.05) is 32.8 Å². The van der Waals surface area contributed by atoms with Crippen molar-refractivity contribution in [2.24, 2.45) is 11.8 Å². The lowest BCUT2D eigenvalue weighted by atomic mass is 10.0. The molecule has 2 rings (SSSR count). The molecule has 1 aromatic heterocycles. The number of anilines is 2. The zero-order valence-corrected chi connectivity index (χ0v) is 13.0. The Bertz CT molecular complexity index is 428. The standard InChI is InChI=1S/C15H26N4O/c1-5-6-16-13-7-15(18-14(17-13)10-20-4)19-8-11(2)12(3)9-19/h7,11-12H,5-6,8-10H2,1-4H3,(H,16,17,18). The molecule has 5 heteroatoms. The summed E-state index contributed by atoms with van der Waals surface area (Å²) in [4.78, 5) is 11.5. The summed E-state index contributed by atoms with van der Waals surface area (Å²) in [5.41, 5.74) is 0. The molecule has 0 spiro atoms. The molecule has 2 unspecified atom stereocenters. The molecule has 2 atom stereocenters. The van der Waals surface area contributed by atoms with E-state index in [4.69, 9.17) is 4.74 Å². The average molecular weight is 278 g/mol. The number of methoxy groups -OCH3 is 1. The Labute approximate surface area is 121 Å². The molecule has 0 amide bonds. The summed E-state index contributed by atoms with van der Waals surface area (Å²) in [5, 5.41) is 3.35. The van der Waals surface area contributed by atoms with E-state index in [2.05, 4.69) is 47.0 Å². The van der Waals surface area contributed by atoms with E-state index >= 15 is 0 Å². The predicted octanol–water partition coefficient (Wildman–Crippen LogP) is 2.54. The van der Waals surface area contributed by atoms with Gasteiger partial charge in [0.15, 0.2) is 5.82 Å². The van der Waals surface area contributed by atoms with E-state index in [1.807, 2.05) is 0 Å². The maximum atomic E-state index is 5.18. The molecule has 0 bridgehead atoms. The van der Waals surface area contributed by atoms with Crippen LogP contribution in [0.25, 0.3) is 0 Å². The van der Waals surface area contributed by atoms with Gasteiger partial charge in [-0.1, -0.05) is 20.8 Å². The van der Waals surface area contributed by atoms with Gasteiger partial charge in [-0.05, 0) is 18.3 Å². The fourth-order valence-corrected chi connectivity index (χ4v) is 2.50. The van der Waals surface area contributed by atoms with Crippen LogP contribution in [0.2, 0.25) is 0 Å². The van der Waals surface area contributed by atoms with Crippen LogP contribution < -0.4 is 10.2 Å². The summed E-state index contributed by atoms with van der Waals surface area (Å²) in [5.74, 6) is 4.08. The van der Waals surface area contributed by atoms with Crippen LogP contribution in [0.5, 0.6) is 0 Å². The molecule has 20 heavy (non-hydrogen) atoms. The smallest absolute Gasteiger partial charge is 0.158 e. The molecule has 112 valence electrons. The van der Waals surface area contributed by atoms with Crippen LogP contribution in [0.15, 0.2) is 6.07 Å². The molecule has 1 saturated heterocycles. The number of rotatable bonds is 6. The highest BCUT2D eigenvalue weighted by molar-refractivity contribution is 5.50. The number of hydrogen-bond acceptors (Lipinski definition) is 5. The summed E-state index contributed by atoms with van der Waals surface area (Å²) >= 11 is 0. The zero-order valence-electron chi connectivity index (χ0n) is 13.0. The Morgan fingerprint density at radius 1 is 1.30 bits per heavy atom. The van der Waals surface area contributed by atoms with E-state index in [1.54, 1.807) is 7.11 Å². The Hall–Kier alpha value is -1.36. The monoisotopic (exact) mass is 278 g/mol. The van der Waals surface area contributed by atoms with Gasteiger partial charge in [-0.15, -0.1) is 0 Å². The first-order chi connectivity index (χ1) is 9.63. The van der Waals surface area contributed by atoms with E-state index in [-0.39, 0.29) is 0 Å². The molecule has 0 saturated carbocycles. The average Bonchev–Trinajstić information content (AvgIpc) is 2.77. The van der Waals surface area contributed by atoms with Crippen molar-refractivity contribution in [1.29, 1.82) is 0 Å². The topological polar surface area (TPSA) is 50.3 Å². The summed E-state index contributed by atoms with van der Waals surface area (Å²) < 4.78 is 5.18. The molecular weight excluding hydrogens is 252 g/mol. The molecule has 1 aliphatic rings. The van der Waals surface area contributed by atoms with Crippen LogP contribution in [0, 0.1) is 11.8 Å². The van der Waals surface area contributed by atoms with Gasteiger partial charge in [-0.2, -0.15) is 0 Å². The van der Waals surface area contributed by atoms with Crippen molar-refractivity contribution < 1.29 is 4.74 Å². The van der Waals surface area contributed by atoms with Gasteiger partial charge in [-0.25, -0.2) is 9.97 Å². The summed E-state index contributed by atoms with van der Waals surface area (Å²) in [7, 11) is 1.68. The van der Waals surface area contributed by atoms with Gasteiger partial charge < -0.3 is 15.0 Å². The minimum Gasteiger partial charge on any atom is -0.377 e. The second-order valence-corrected chi connectivity index (χ2v) is 5.75. The third kappa shape index (κ3) is 3.60. The quantitative estimate of drug-likeness (QED) is 0.866. The summed E-state index contributed by atoms with van der Waals surface area (Å²) in [6.45, 7) is 10.3. The van der Waals surface area contributed by atoms with Crippen LogP contribution in [0.4, 0.5) is 11.6 Å². The maximum Gasteiger partial charge on any atom is 0.158 e. The Kier molecular flexibility index (Phi) is 5.17. The summed E-state index contributed by atoms with van der Waals surface area (Å²) in [6, 6.07) is 2.06. The third-order valence-electron chi connectivity index (χ3n) is 3.90. The van der Waals surface area contributed by atoms with Crippen LogP contribution in [-0.2, 0) is 11.3 Å². The molecule has 0 radical (unpaired) electrons. The van der Waals surface area contributed by atoms with E-state index < -0.39 is 0 Å². The predicted molar refractivity (Wildman–Crippen MR) is 82.1 cm³/mol. The number of ether oxygens (including phenoxy) is 1. The highest BCUT2D eigenvalue weighted by Gasteiger charge is 2.27. The van der Waals surface area contributed by atoms with Crippen molar-refractivity contribution in [3.8, 4) is 0 Å². The van der Waals surface area contributed by atoms with Crippen LogP contribution in [-0.4, -0.2) is 36.7 Å². The lowest BCUT2D eigenvalue weighted by molar-refractivity contribution is 0.178. The molecule has 0 aliphatic carbocycles. The highest BCUT2D eigenvalue weighted by Crippen LogP contribution is 2.27. The summed E-state index contributed by atoms with van der Waals surface area (Å²) in [6.07, 6.45) is 1.08. The molecule has 5 nitrogen and oxygen atoms in total. The van der Waals surface area contributed by atoms with Crippen molar-refractivity contribution in [2.45, 2.75) is 33.8 Å². The van der Waals surface area contributed by atoms with E-state index in [0.29, 0.717) is 18.4 Å². The van der Waals surface area contributed by atoms with E-state index in [1.165, 1.54) is 0 Å². The van der Waals surface area contributed by atoms with E-state index in [9.17, 15) is 0 Å². The number of hydrogen-bond donors (Lipinski definition) is 1. The van der Waals surface area contributed by atoms with Crippen LogP contribution in [0.3, 0.4) is 0 Å². The van der Waals surface area contributed by atoms with Crippen molar-refractivity contribution in [3.05, 3.63) is 11.9 Å². The van der Waals surface area contributed by atoms with E-state index in [0.717, 1.165) is 43.5 Å². The molecule has 1 fully saturated rings. The van der Waals surface area contributed by atoms with Gasteiger partial charge >= 0.3 is 0 Å². The normalized spacial score (nSPS) is 22.3. The zero-order chi connectivity index (χ0) is 14.5. The Morgan fingerprint density at radius 3 is 2.60 bits per heavy atom. The number of aromatic nitrogens is 2. The fourth-order valence-electron chi connectivity index (χ4n) is 2.50. The SMILES string of the molecule is CCCNc1cc(N2CC(C)C(C)C2)nc(COC)n1. The second kappa shape index (κ2) is 6.88. The molecular formula is C15H26N4O. The lowest BCUT2D eigenvalue weighted by Gasteiger charge is -2.19. The van der Waals surface area contributed by atoms with Gasteiger partial charge in [0.2, 0.25) is 0 Å². The third-order valence-corrected chi connectivity index (χ3v) is 3.90. The first kappa shape index (κ1) is 15.0. The number of nitrogens with one attached hydrogen (secondary N) is 1. The van der Waals surface area contributed by atoms with Crippen LogP contribution >= 0.6 is 0 Å². The van der Waals surface area contributed by atoms with Gasteiger partial charge in [0.05, 0.1) is 0 Å². The van der Waals surface area contributed by atoms with Crippen molar-refractivity contribution in [2.75, 3.05) is 37.0 Å². The molecule has 1 aliphatic heterocycles. The van der Waals surface area contributed by atoms with Gasteiger partial charge in [0.1, 0.15) is 18.2 Å². The van der Waals surface area contributed by atoms with Crippen molar-refractivity contribution in [3.63, 3.8) is 0 Å². The minimum absolute atomic E-state index is 0.452. The van der Waals surface area contributed by atoms with Crippen LogP contribution in [0.1, 0.15) is 33.0 Å². The van der Waals surface area contributed by atoms with Gasteiger partial charge in [0.25, 0.3) is 0 Å². The molecule has 2 heterocycles. The van der Waals surface area contributed by atoms with Gasteiger partial charge in [-0.3, -0.25) is 0 Å². The Balaban J connectivity index is 2.20. The van der Waals surface area contributed by atoms with Crippen molar-refractivity contribution >= 4 is 11.6 Å². The lowest BCUT2D eigenvalue weighted by Crippen LogP contribution is -2.22. The Morgan fingerprint density at radius 2 is 2.00 bits per heavy atom. The molecule has 1 aromatic rings. The molecule has 1 N–H and O–H groups in total. The fraction of sp³-hybridized carbons (Fsp3) is 0.733. The highest BCUT2D eigenvalue weighted by atomic mass is 16.5. The molecule has 0 aromatic carbocycles. The maximum absolute atomic E-state index is 5.18. The first-order valence-corrected chi connectivity index (χ1v) is 7.49. The minimum atomic E-state index is 0.452. The first-order valence-electron chi connectivity index (χ1n) is 7.49. The largest absolute Gasteiger partial charge is 0.377 e. The number of nitrogens with zero attached hydrogens (tertiary/aromatic N) is 3. The van der Waals surface area contributed by atoms with Crippen molar-refractivity contribution in [1.82, 2.24) is 9.97 Å².